The number of aryl methyl sites for hydroxylation is 1. The molecular weight excluding hydrogens is 290 g/mol. The number of hydrogen-bond donors (Lipinski definition) is 0. The lowest BCUT2D eigenvalue weighted by molar-refractivity contribution is -0.384. The number of aromatic nitrogens is 1. The maximum absolute atomic E-state index is 12.1. The average molecular weight is 305 g/mol. The molecule has 0 saturated heterocycles. The molecule has 0 fully saturated rings. The second-order valence-corrected chi connectivity index (χ2v) is 5.82. The molecular formula is C14H15N3O3S. The smallest absolute Gasteiger partial charge is 0.269 e. The van der Waals surface area contributed by atoms with Crippen molar-refractivity contribution in [2.75, 3.05) is 13.6 Å². The van der Waals surface area contributed by atoms with E-state index in [1.54, 1.807) is 11.3 Å². The molecule has 0 bridgehead atoms. The van der Waals surface area contributed by atoms with Crippen LogP contribution in [0.3, 0.4) is 0 Å². The Morgan fingerprint density at radius 2 is 2.05 bits per heavy atom. The van der Waals surface area contributed by atoms with E-state index in [0.29, 0.717) is 12.1 Å². The van der Waals surface area contributed by atoms with Gasteiger partial charge in [-0.1, -0.05) is 0 Å². The second kappa shape index (κ2) is 6.55. The SMILES string of the molecule is Cc1nc(CN(C)CC(=O)c2ccc([N+](=O)[O-])cc2)cs1. The monoisotopic (exact) mass is 305 g/mol. The number of Topliss-reactive ketones (excluding diaryl/α,β-unsaturated/α-hetero) is 1. The zero-order valence-electron chi connectivity index (χ0n) is 11.8. The van der Waals surface area contributed by atoms with Crippen LogP contribution in [0.25, 0.3) is 0 Å². The molecule has 0 aliphatic rings. The summed E-state index contributed by atoms with van der Waals surface area (Å²) in [5, 5.41) is 13.5. The van der Waals surface area contributed by atoms with Crippen molar-refractivity contribution in [3.8, 4) is 0 Å². The van der Waals surface area contributed by atoms with E-state index in [1.807, 2.05) is 24.3 Å². The zero-order valence-corrected chi connectivity index (χ0v) is 12.6. The van der Waals surface area contributed by atoms with Gasteiger partial charge in [0.2, 0.25) is 0 Å². The van der Waals surface area contributed by atoms with Gasteiger partial charge in [0.25, 0.3) is 5.69 Å². The van der Waals surface area contributed by atoms with E-state index in [9.17, 15) is 14.9 Å². The van der Waals surface area contributed by atoms with Crippen molar-refractivity contribution in [3.05, 3.63) is 56.0 Å². The molecule has 6 nitrogen and oxygen atoms in total. The quantitative estimate of drug-likeness (QED) is 0.466. The maximum Gasteiger partial charge on any atom is 0.269 e. The van der Waals surface area contributed by atoms with Gasteiger partial charge in [-0.15, -0.1) is 11.3 Å². The summed E-state index contributed by atoms with van der Waals surface area (Å²) < 4.78 is 0. The van der Waals surface area contributed by atoms with Crippen LogP contribution < -0.4 is 0 Å². The van der Waals surface area contributed by atoms with Crippen LogP contribution in [0.5, 0.6) is 0 Å². The lowest BCUT2D eigenvalue weighted by Gasteiger charge is -2.14. The lowest BCUT2D eigenvalue weighted by atomic mass is 10.1. The number of benzene rings is 1. The summed E-state index contributed by atoms with van der Waals surface area (Å²) in [6, 6.07) is 5.66. The van der Waals surface area contributed by atoms with Gasteiger partial charge in [0.15, 0.2) is 5.78 Å². The van der Waals surface area contributed by atoms with E-state index in [4.69, 9.17) is 0 Å². The van der Waals surface area contributed by atoms with Crippen molar-refractivity contribution in [1.29, 1.82) is 0 Å². The van der Waals surface area contributed by atoms with Crippen molar-refractivity contribution in [3.63, 3.8) is 0 Å². The molecule has 2 rings (SSSR count). The highest BCUT2D eigenvalue weighted by atomic mass is 32.1. The van der Waals surface area contributed by atoms with Gasteiger partial charge < -0.3 is 0 Å². The Hall–Kier alpha value is -2.12. The number of ketones is 1. The molecule has 1 aromatic carbocycles. The third kappa shape index (κ3) is 4.17. The first-order chi connectivity index (χ1) is 9.95. The lowest BCUT2D eigenvalue weighted by Crippen LogP contribution is -2.25. The fraction of sp³-hybridized carbons (Fsp3) is 0.286. The largest absolute Gasteiger partial charge is 0.293 e. The Morgan fingerprint density at radius 3 is 2.57 bits per heavy atom. The van der Waals surface area contributed by atoms with Crippen LogP contribution in [0.4, 0.5) is 5.69 Å². The summed E-state index contributed by atoms with van der Waals surface area (Å²) in [5.41, 5.74) is 1.40. The molecule has 110 valence electrons. The summed E-state index contributed by atoms with van der Waals surface area (Å²) in [7, 11) is 1.85. The van der Waals surface area contributed by atoms with Crippen LogP contribution in [0.2, 0.25) is 0 Å². The van der Waals surface area contributed by atoms with Gasteiger partial charge in [0.1, 0.15) is 0 Å². The number of nitro benzene ring substituents is 1. The molecule has 1 heterocycles. The first-order valence-electron chi connectivity index (χ1n) is 6.33. The van der Waals surface area contributed by atoms with Crippen molar-refractivity contribution in [2.45, 2.75) is 13.5 Å². The molecule has 0 saturated carbocycles. The normalized spacial score (nSPS) is 10.8. The van der Waals surface area contributed by atoms with Crippen LogP contribution in [0.1, 0.15) is 21.1 Å². The highest BCUT2D eigenvalue weighted by Gasteiger charge is 2.12. The van der Waals surface area contributed by atoms with Crippen molar-refractivity contribution in [2.24, 2.45) is 0 Å². The molecule has 0 atom stereocenters. The first-order valence-corrected chi connectivity index (χ1v) is 7.21. The van der Waals surface area contributed by atoms with E-state index < -0.39 is 4.92 Å². The van der Waals surface area contributed by atoms with E-state index in [0.717, 1.165) is 10.7 Å². The number of carbonyl (C=O) groups is 1. The van der Waals surface area contributed by atoms with Gasteiger partial charge in [0.05, 0.1) is 22.2 Å². The zero-order chi connectivity index (χ0) is 15.4. The van der Waals surface area contributed by atoms with Crippen LogP contribution >= 0.6 is 11.3 Å². The molecule has 0 unspecified atom stereocenters. The van der Waals surface area contributed by atoms with Gasteiger partial charge in [-0.2, -0.15) is 0 Å². The van der Waals surface area contributed by atoms with E-state index >= 15 is 0 Å². The fourth-order valence-corrected chi connectivity index (χ4v) is 2.52. The highest BCUT2D eigenvalue weighted by Crippen LogP contribution is 2.13. The van der Waals surface area contributed by atoms with Crippen molar-refractivity contribution < 1.29 is 9.72 Å². The highest BCUT2D eigenvalue weighted by molar-refractivity contribution is 7.09. The molecule has 0 amide bonds. The molecule has 1 aromatic heterocycles. The van der Waals surface area contributed by atoms with Crippen LogP contribution in [0, 0.1) is 17.0 Å². The molecule has 0 N–H and O–H groups in total. The Bertz CT molecular complexity index is 652. The minimum atomic E-state index is -0.481. The molecule has 0 radical (unpaired) electrons. The Labute approximate surface area is 126 Å². The van der Waals surface area contributed by atoms with Crippen LogP contribution in [0.15, 0.2) is 29.6 Å². The topological polar surface area (TPSA) is 76.3 Å². The van der Waals surface area contributed by atoms with Gasteiger partial charge in [-0.05, 0) is 26.1 Å². The van der Waals surface area contributed by atoms with E-state index in [-0.39, 0.29) is 18.0 Å². The number of rotatable bonds is 6. The Balaban J connectivity index is 1.95. The molecule has 7 heteroatoms. The molecule has 0 aliphatic heterocycles. The average Bonchev–Trinajstić information content (AvgIpc) is 2.83. The van der Waals surface area contributed by atoms with Crippen molar-refractivity contribution in [1.82, 2.24) is 9.88 Å². The summed E-state index contributed by atoms with van der Waals surface area (Å²) in [5.74, 6) is -0.0700. The van der Waals surface area contributed by atoms with E-state index in [1.165, 1.54) is 24.3 Å². The predicted molar refractivity (Wildman–Crippen MR) is 80.6 cm³/mol. The van der Waals surface area contributed by atoms with Crippen LogP contribution in [-0.4, -0.2) is 34.2 Å². The van der Waals surface area contributed by atoms with Gasteiger partial charge in [-0.25, -0.2) is 4.98 Å². The number of thiazole rings is 1. The summed E-state index contributed by atoms with van der Waals surface area (Å²) in [6.45, 7) is 2.79. The van der Waals surface area contributed by atoms with Crippen LogP contribution in [-0.2, 0) is 6.54 Å². The maximum atomic E-state index is 12.1. The number of non-ortho nitro benzene ring substituents is 1. The van der Waals surface area contributed by atoms with Gasteiger partial charge in [0, 0.05) is 29.6 Å². The predicted octanol–water partition coefficient (Wildman–Crippen LogP) is 2.67. The molecule has 2 aromatic rings. The van der Waals surface area contributed by atoms with Crippen molar-refractivity contribution >= 4 is 22.8 Å². The van der Waals surface area contributed by atoms with Gasteiger partial charge >= 0.3 is 0 Å². The Kier molecular flexibility index (Phi) is 4.77. The number of likely N-dealkylation sites (N-methyl/N-ethyl adjacent to an activating group) is 1. The third-order valence-electron chi connectivity index (χ3n) is 2.91. The second-order valence-electron chi connectivity index (χ2n) is 4.76. The first kappa shape index (κ1) is 15.3. The summed E-state index contributed by atoms with van der Waals surface area (Å²) in [6.07, 6.45) is 0. The number of nitro groups is 1. The Morgan fingerprint density at radius 1 is 1.38 bits per heavy atom. The standard InChI is InChI=1S/C14H15N3O3S/c1-10-15-12(9-21-10)7-16(2)8-14(18)11-3-5-13(6-4-11)17(19)20/h3-6,9H,7-8H2,1-2H3. The summed E-state index contributed by atoms with van der Waals surface area (Å²) >= 11 is 1.58. The number of hydrogen-bond acceptors (Lipinski definition) is 6. The number of carbonyl (C=O) groups excluding carboxylic acids is 1. The fourth-order valence-electron chi connectivity index (χ4n) is 1.92. The minimum Gasteiger partial charge on any atom is -0.293 e. The minimum absolute atomic E-state index is 0.0159. The molecule has 0 aliphatic carbocycles. The van der Waals surface area contributed by atoms with Gasteiger partial charge in [-0.3, -0.25) is 19.8 Å². The van der Waals surface area contributed by atoms with E-state index in [2.05, 4.69) is 4.98 Å². The third-order valence-corrected chi connectivity index (χ3v) is 3.73. The molecule has 0 spiro atoms. The summed E-state index contributed by atoms with van der Waals surface area (Å²) in [4.78, 5) is 28.4. The number of nitrogens with zero attached hydrogens (tertiary/aromatic N) is 3. The molecule has 21 heavy (non-hydrogen) atoms.